The minimum absolute atomic E-state index is 0.0662. The molecule has 2 fully saturated rings. The maximum absolute atomic E-state index is 13.0. The Morgan fingerprint density at radius 1 is 1.12 bits per heavy atom. The first-order valence-corrected chi connectivity index (χ1v) is 11.1. The van der Waals surface area contributed by atoms with Crippen molar-refractivity contribution in [3.05, 3.63) is 46.6 Å². The quantitative estimate of drug-likeness (QED) is 0.743. The number of hydrogen-bond donors (Lipinski definition) is 1. The minimum Gasteiger partial charge on any atom is -0.378 e. The zero-order valence-electron chi connectivity index (χ0n) is 18.6. The van der Waals surface area contributed by atoms with E-state index >= 15 is 0 Å². The number of rotatable bonds is 3. The predicted octanol–water partition coefficient (Wildman–Crippen LogP) is 2.64. The summed E-state index contributed by atoms with van der Waals surface area (Å²) < 4.78 is 10.5. The van der Waals surface area contributed by atoms with Crippen LogP contribution in [0.3, 0.4) is 0 Å². The van der Waals surface area contributed by atoms with E-state index in [0.717, 1.165) is 32.1 Å². The van der Waals surface area contributed by atoms with E-state index in [1.54, 1.807) is 37.2 Å². The Morgan fingerprint density at radius 2 is 1.88 bits per heavy atom. The first-order chi connectivity index (χ1) is 15.5. The molecule has 0 bridgehead atoms. The fourth-order valence-corrected chi connectivity index (χ4v) is 4.29. The number of amides is 2. The summed E-state index contributed by atoms with van der Waals surface area (Å²) in [5.74, 6) is 6.70. The molecular weight excluding hydrogens is 408 g/mol. The van der Waals surface area contributed by atoms with Crippen molar-refractivity contribution < 1.29 is 18.8 Å². The number of pyridine rings is 1. The highest BCUT2D eigenvalue weighted by molar-refractivity contribution is 5.97. The maximum atomic E-state index is 13.0. The van der Waals surface area contributed by atoms with Crippen molar-refractivity contribution in [3.63, 3.8) is 0 Å². The van der Waals surface area contributed by atoms with Gasteiger partial charge in [0, 0.05) is 31.0 Å². The molecule has 0 unspecified atom stereocenters. The summed E-state index contributed by atoms with van der Waals surface area (Å²) in [5.41, 5.74) is 1.57. The molecule has 0 atom stereocenters. The molecule has 1 saturated heterocycles. The summed E-state index contributed by atoms with van der Waals surface area (Å²) in [6, 6.07) is 1.77. The largest absolute Gasteiger partial charge is 0.378 e. The van der Waals surface area contributed by atoms with Crippen molar-refractivity contribution in [1.82, 2.24) is 20.4 Å². The van der Waals surface area contributed by atoms with Gasteiger partial charge in [-0.15, -0.1) is 0 Å². The van der Waals surface area contributed by atoms with Crippen LogP contribution in [0.25, 0.3) is 0 Å². The lowest BCUT2D eigenvalue weighted by Crippen LogP contribution is -2.49. The van der Waals surface area contributed by atoms with Crippen molar-refractivity contribution in [2.24, 2.45) is 0 Å². The molecule has 32 heavy (non-hydrogen) atoms. The van der Waals surface area contributed by atoms with Gasteiger partial charge < -0.3 is 19.5 Å². The number of morpholine rings is 1. The van der Waals surface area contributed by atoms with Crippen LogP contribution < -0.4 is 5.32 Å². The van der Waals surface area contributed by atoms with Crippen LogP contribution in [0.2, 0.25) is 0 Å². The van der Waals surface area contributed by atoms with Crippen molar-refractivity contribution in [1.29, 1.82) is 0 Å². The fraction of sp³-hybridized carbons (Fsp3) is 0.500. The molecule has 0 radical (unpaired) electrons. The molecule has 1 saturated carbocycles. The second-order valence-electron chi connectivity index (χ2n) is 8.41. The Bertz CT molecular complexity index is 1030. The third-order valence-electron chi connectivity index (χ3n) is 6.05. The van der Waals surface area contributed by atoms with E-state index in [-0.39, 0.29) is 11.8 Å². The van der Waals surface area contributed by atoms with E-state index in [2.05, 4.69) is 27.3 Å². The zero-order valence-corrected chi connectivity index (χ0v) is 18.6. The third-order valence-corrected chi connectivity index (χ3v) is 6.05. The smallest absolute Gasteiger partial charge is 0.257 e. The zero-order chi connectivity index (χ0) is 22.6. The number of ether oxygens (including phenoxy) is 1. The van der Waals surface area contributed by atoms with E-state index in [9.17, 15) is 9.59 Å². The second-order valence-corrected chi connectivity index (χ2v) is 8.41. The number of aryl methyl sites for hydroxylation is 2. The lowest BCUT2D eigenvalue weighted by molar-refractivity contribution is 0.0302. The van der Waals surface area contributed by atoms with Gasteiger partial charge in [-0.3, -0.25) is 14.6 Å². The van der Waals surface area contributed by atoms with E-state index in [0.29, 0.717) is 54.4 Å². The Balaban J connectivity index is 1.56. The minimum atomic E-state index is -0.629. The van der Waals surface area contributed by atoms with Crippen LogP contribution in [0.4, 0.5) is 0 Å². The number of aromatic nitrogens is 2. The molecule has 168 valence electrons. The molecular formula is C24H28N4O4. The molecule has 8 heteroatoms. The van der Waals surface area contributed by atoms with Gasteiger partial charge in [-0.25, -0.2) is 0 Å². The van der Waals surface area contributed by atoms with Gasteiger partial charge in [-0.2, -0.15) is 0 Å². The summed E-state index contributed by atoms with van der Waals surface area (Å²) >= 11 is 0. The first kappa shape index (κ1) is 22.0. The van der Waals surface area contributed by atoms with Gasteiger partial charge >= 0.3 is 0 Å². The molecule has 1 N–H and O–H groups in total. The highest BCUT2D eigenvalue weighted by Crippen LogP contribution is 2.29. The van der Waals surface area contributed by atoms with Crippen LogP contribution in [0, 0.1) is 25.7 Å². The highest BCUT2D eigenvalue weighted by Gasteiger charge is 2.33. The molecule has 2 aromatic rings. The molecule has 2 aromatic heterocycles. The highest BCUT2D eigenvalue weighted by atomic mass is 16.5. The predicted molar refractivity (Wildman–Crippen MR) is 117 cm³/mol. The van der Waals surface area contributed by atoms with Crippen molar-refractivity contribution in [2.45, 2.75) is 51.5 Å². The van der Waals surface area contributed by atoms with Crippen molar-refractivity contribution in [3.8, 4) is 11.8 Å². The normalized spacial score (nSPS) is 17.9. The van der Waals surface area contributed by atoms with Crippen LogP contribution in [0.1, 0.15) is 69.8 Å². The summed E-state index contributed by atoms with van der Waals surface area (Å²) in [4.78, 5) is 31.8. The van der Waals surface area contributed by atoms with Gasteiger partial charge in [0.2, 0.25) is 0 Å². The van der Waals surface area contributed by atoms with Gasteiger partial charge in [-0.05, 0) is 32.8 Å². The molecule has 3 heterocycles. The van der Waals surface area contributed by atoms with Crippen LogP contribution >= 0.6 is 0 Å². The van der Waals surface area contributed by atoms with E-state index in [1.165, 1.54) is 0 Å². The number of carbonyl (C=O) groups is 2. The van der Waals surface area contributed by atoms with Gasteiger partial charge in [-0.1, -0.05) is 36.3 Å². The first-order valence-electron chi connectivity index (χ1n) is 11.1. The van der Waals surface area contributed by atoms with E-state index in [1.807, 2.05) is 0 Å². The van der Waals surface area contributed by atoms with Gasteiger partial charge in [0.05, 0.1) is 24.5 Å². The lowest BCUT2D eigenvalue weighted by atomic mass is 9.81. The monoisotopic (exact) mass is 436 g/mol. The topological polar surface area (TPSA) is 97.6 Å². The number of nitrogens with one attached hydrogen (secondary N) is 1. The molecule has 2 aliphatic rings. The second kappa shape index (κ2) is 9.53. The number of nitrogens with zero attached hydrogens (tertiary/aromatic N) is 3. The molecule has 0 spiro atoms. The average molecular weight is 437 g/mol. The molecule has 4 rings (SSSR count). The number of hydrogen-bond acceptors (Lipinski definition) is 6. The standard InChI is InChI=1S/C24H28N4O4/c1-17-21(18(2)32-27-17)22(29)26-24(7-4-3-5-8-24)9-6-19-14-20(16-25-15-19)23(30)28-10-12-31-13-11-28/h14-16H,3-5,7-8,10-13H2,1-2H3,(H,26,29). The SMILES string of the molecule is Cc1noc(C)c1C(=O)NC1(C#Cc2cncc(C(=O)N3CCOCC3)c2)CCCCC1. The summed E-state index contributed by atoms with van der Waals surface area (Å²) in [6.45, 7) is 5.74. The molecule has 0 aromatic carbocycles. The molecule has 2 amide bonds. The average Bonchev–Trinajstić information content (AvgIpc) is 3.16. The summed E-state index contributed by atoms with van der Waals surface area (Å²) in [6.07, 6.45) is 7.86. The van der Waals surface area contributed by atoms with Crippen LogP contribution in [-0.2, 0) is 4.74 Å². The van der Waals surface area contributed by atoms with Gasteiger partial charge in [0.15, 0.2) is 0 Å². The Morgan fingerprint density at radius 3 is 2.56 bits per heavy atom. The van der Waals surface area contributed by atoms with Crippen LogP contribution in [0.5, 0.6) is 0 Å². The maximum Gasteiger partial charge on any atom is 0.257 e. The Hall–Kier alpha value is -3.18. The van der Waals surface area contributed by atoms with E-state index < -0.39 is 5.54 Å². The Kier molecular flexibility index (Phi) is 6.56. The number of carbonyl (C=O) groups excluding carboxylic acids is 2. The fourth-order valence-electron chi connectivity index (χ4n) is 4.29. The van der Waals surface area contributed by atoms with E-state index in [4.69, 9.17) is 9.26 Å². The van der Waals surface area contributed by atoms with Crippen molar-refractivity contribution >= 4 is 11.8 Å². The summed E-state index contributed by atoms with van der Waals surface area (Å²) in [5, 5.41) is 7.04. The van der Waals surface area contributed by atoms with Crippen LogP contribution in [-0.4, -0.2) is 58.7 Å². The van der Waals surface area contributed by atoms with Crippen molar-refractivity contribution in [2.75, 3.05) is 26.3 Å². The Labute approximate surface area is 187 Å². The van der Waals surface area contributed by atoms with Crippen LogP contribution in [0.15, 0.2) is 23.0 Å². The van der Waals surface area contributed by atoms with Gasteiger partial charge in [0.25, 0.3) is 11.8 Å². The lowest BCUT2D eigenvalue weighted by Gasteiger charge is -2.33. The van der Waals surface area contributed by atoms with Gasteiger partial charge in [0.1, 0.15) is 16.9 Å². The summed E-state index contributed by atoms with van der Waals surface area (Å²) in [7, 11) is 0. The molecule has 8 nitrogen and oxygen atoms in total. The third kappa shape index (κ3) is 4.83. The molecule has 1 aliphatic heterocycles. The molecule has 1 aliphatic carbocycles.